The molecule has 0 saturated carbocycles. The van der Waals surface area contributed by atoms with Crippen LogP contribution < -0.4 is 0 Å². The number of ether oxygens (including phenoxy) is 1. The van der Waals surface area contributed by atoms with Crippen LogP contribution in [0.1, 0.15) is 12.5 Å². The van der Waals surface area contributed by atoms with Crippen molar-refractivity contribution in [3.63, 3.8) is 0 Å². The Kier molecular flexibility index (Phi) is 7.42. The van der Waals surface area contributed by atoms with Crippen molar-refractivity contribution in [2.45, 2.75) is 13.3 Å². The van der Waals surface area contributed by atoms with Gasteiger partial charge in [0.2, 0.25) is 0 Å². The summed E-state index contributed by atoms with van der Waals surface area (Å²) in [7, 11) is 3.58. The molecule has 0 radical (unpaired) electrons. The fourth-order valence-electron chi connectivity index (χ4n) is 1.79. The zero-order valence-electron chi connectivity index (χ0n) is 12.8. The fraction of sp³-hybridized carbons (Fsp3) is 0.375. The number of halogens is 2. The fourth-order valence-corrected chi connectivity index (χ4v) is 2.27. The lowest BCUT2D eigenvalue weighted by Gasteiger charge is -2.14. The normalized spacial score (nSPS) is 12.2. The minimum atomic E-state index is -0.921. The van der Waals surface area contributed by atoms with Gasteiger partial charge in [-0.2, -0.15) is 0 Å². The molecule has 0 aliphatic rings. The molecule has 6 heteroatoms. The first kappa shape index (κ1) is 18.5. The summed E-state index contributed by atoms with van der Waals surface area (Å²) in [6, 6.07) is 4.96. The second-order valence-corrected chi connectivity index (χ2v) is 5.77. The molecule has 1 aromatic rings. The van der Waals surface area contributed by atoms with E-state index in [4.69, 9.17) is 27.9 Å². The molecule has 0 heterocycles. The van der Waals surface area contributed by atoms with Crippen LogP contribution in [0.4, 0.5) is 0 Å². The van der Waals surface area contributed by atoms with Crippen LogP contribution >= 0.6 is 23.2 Å². The summed E-state index contributed by atoms with van der Waals surface area (Å²) >= 11 is 12.0. The first-order valence-electron chi connectivity index (χ1n) is 6.84. The predicted octanol–water partition coefficient (Wildman–Crippen LogP) is 3.36. The highest BCUT2D eigenvalue weighted by atomic mass is 35.5. The molecule has 0 saturated heterocycles. The van der Waals surface area contributed by atoms with Gasteiger partial charge >= 0.3 is 5.97 Å². The van der Waals surface area contributed by atoms with Gasteiger partial charge in [-0.05, 0) is 37.1 Å². The largest absolute Gasteiger partial charge is 0.465 e. The van der Waals surface area contributed by atoms with E-state index in [1.54, 1.807) is 50.3 Å². The van der Waals surface area contributed by atoms with E-state index in [1.165, 1.54) is 6.08 Å². The molecule has 0 unspecified atom stereocenters. The molecule has 4 nitrogen and oxygen atoms in total. The molecule has 0 aromatic heterocycles. The Hall–Kier alpha value is -1.52. The van der Waals surface area contributed by atoms with Crippen LogP contribution in [0.15, 0.2) is 30.5 Å². The van der Waals surface area contributed by atoms with Gasteiger partial charge in [0.15, 0.2) is 5.78 Å². The Morgan fingerprint density at radius 1 is 1.32 bits per heavy atom. The number of nitrogens with zero attached hydrogens (tertiary/aromatic N) is 1. The third kappa shape index (κ3) is 5.70. The van der Waals surface area contributed by atoms with Gasteiger partial charge in [0.05, 0.1) is 6.61 Å². The van der Waals surface area contributed by atoms with Gasteiger partial charge in [0.25, 0.3) is 0 Å². The van der Waals surface area contributed by atoms with Crippen LogP contribution in [0.2, 0.25) is 10.0 Å². The van der Waals surface area contributed by atoms with Crippen molar-refractivity contribution in [3.05, 3.63) is 46.1 Å². The summed E-state index contributed by atoms with van der Waals surface area (Å²) in [6.45, 7) is 1.92. The van der Waals surface area contributed by atoms with Crippen molar-refractivity contribution in [1.29, 1.82) is 0 Å². The van der Waals surface area contributed by atoms with E-state index in [1.807, 2.05) is 0 Å². The molecule has 0 bridgehead atoms. The van der Waals surface area contributed by atoms with Gasteiger partial charge in [-0.1, -0.05) is 29.3 Å². The summed E-state index contributed by atoms with van der Waals surface area (Å²) in [6.07, 6.45) is 3.13. The highest BCUT2D eigenvalue weighted by Crippen LogP contribution is 2.24. The van der Waals surface area contributed by atoms with Gasteiger partial charge in [0, 0.05) is 30.3 Å². The highest BCUT2D eigenvalue weighted by Gasteiger charge is 2.27. The Balaban J connectivity index is 2.99. The Labute approximate surface area is 140 Å². The minimum absolute atomic E-state index is 0.172. The average Bonchev–Trinajstić information content (AvgIpc) is 2.44. The number of rotatable bonds is 7. The molecule has 0 fully saturated rings. The van der Waals surface area contributed by atoms with E-state index in [-0.39, 0.29) is 18.8 Å². The predicted molar refractivity (Wildman–Crippen MR) is 88.1 cm³/mol. The van der Waals surface area contributed by atoms with Crippen molar-refractivity contribution >= 4 is 35.0 Å². The van der Waals surface area contributed by atoms with Crippen molar-refractivity contribution in [3.8, 4) is 0 Å². The maximum absolute atomic E-state index is 12.3. The lowest BCUT2D eigenvalue weighted by Crippen LogP contribution is -2.27. The van der Waals surface area contributed by atoms with Gasteiger partial charge in [0.1, 0.15) is 5.92 Å². The number of benzene rings is 1. The van der Waals surface area contributed by atoms with Crippen molar-refractivity contribution in [2.24, 2.45) is 5.92 Å². The van der Waals surface area contributed by atoms with Crippen molar-refractivity contribution < 1.29 is 14.3 Å². The zero-order valence-corrected chi connectivity index (χ0v) is 14.3. The van der Waals surface area contributed by atoms with Crippen LogP contribution in [0.3, 0.4) is 0 Å². The second kappa shape index (κ2) is 8.81. The monoisotopic (exact) mass is 343 g/mol. The van der Waals surface area contributed by atoms with Crippen LogP contribution in [-0.4, -0.2) is 37.4 Å². The Morgan fingerprint density at radius 3 is 2.55 bits per heavy atom. The van der Waals surface area contributed by atoms with Gasteiger partial charge < -0.3 is 9.64 Å². The Morgan fingerprint density at radius 2 is 2.00 bits per heavy atom. The quantitative estimate of drug-likeness (QED) is 0.432. The van der Waals surface area contributed by atoms with E-state index in [2.05, 4.69) is 0 Å². The molecule has 0 aliphatic carbocycles. The van der Waals surface area contributed by atoms with E-state index in [0.717, 1.165) is 0 Å². The summed E-state index contributed by atoms with van der Waals surface area (Å²) in [4.78, 5) is 26.0. The third-order valence-electron chi connectivity index (χ3n) is 2.89. The summed E-state index contributed by atoms with van der Waals surface area (Å²) < 4.78 is 4.99. The highest BCUT2D eigenvalue weighted by molar-refractivity contribution is 6.35. The number of ketones is 1. The average molecular weight is 344 g/mol. The van der Waals surface area contributed by atoms with Gasteiger partial charge in [-0.25, -0.2) is 0 Å². The Bertz CT molecular complexity index is 571. The smallest absolute Gasteiger partial charge is 0.317 e. The second-order valence-electron chi connectivity index (χ2n) is 4.93. The summed E-state index contributed by atoms with van der Waals surface area (Å²) in [5.41, 5.74) is 0.677. The SMILES string of the molecule is CCOC(=O)[C@@H](Cc1ccc(Cl)cc1Cl)C(=O)/C=C/N(C)C. The molecule has 0 N–H and O–H groups in total. The number of esters is 1. The van der Waals surface area contributed by atoms with Gasteiger partial charge in [-0.15, -0.1) is 0 Å². The molecule has 0 spiro atoms. The first-order valence-corrected chi connectivity index (χ1v) is 7.59. The van der Waals surface area contributed by atoms with Crippen LogP contribution in [0.5, 0.6) is 0 Å². The molecular weight excluding hydrogens is 325 g/mol. The lowest BCUT2D eigenvalue weighted by molar-refractivity contribution is -0.150. The van der Waals surface area contributed by atoms with Gasteiger partial charge in [-0.3, -0.25) is 9.59 Å². The number of hydrogen-bond acceptors (Lipinski definition) is 4. The third-order valence-corrected chi connectivity index (χ3v) is 3.48. The van der Waals surface area contributed by atoms with E-state index >= 15 is 0 Å². The topological polar surface area (TPSA) is 46.6 Å². The molecule has 1 atom stereocenters. The minimum Gasteiger partial charge on any atom is -0.465 e. The molecule has 120 valence electrons. The van der Waals surface area contributed by atoms with Crippen molar-refractivity contribution in [2.75, 3.05) is 20.7 Å². The van der Waals surface area contributed by atoms with E-state index in [0.29, 0.717) is 15.6 Å². The molecular formula is C16H19Cl2NO3. The molecule has 1 aromatic carbocycles. The summed E-state index contributed by atoms with van der Waals surface area (Å²) in [5, 5.41) is 0.923. The maximum atomic E-state index is 12.3. The zero-order chi connectivity index (χ0) is 16.7. The molecule has 1 rings (SSSR count). The first-order chi connectivity index (χ1) is 10.3. The van der Waals surface area contributed by atoms with E-state index in [9.17, 15) is 9.59 Å². The number of allylic oxidation sites excluding steroid dienone is 1. The number of carbonyl (C=O) groups excluding carboxylic acids is 2. The number of carbonyl (C=O) groups is 2. The van der Waals surface area contributed by atoms with Crippen LogP contribution in [0, 0.1) is 5.92 Å². The summed E-state index contributed by atoms with van der Waals surface area (Å²) in [5.74, 6) is -1.80. The maximum Gasteiger partial charge on any atom is 0.317 e. The number of hydrogen-bond donors (Lipinski definition) is 0. The molecule has 22 heavy (non-hydrogen) atoms. The van der Waals surface area contributed by atoms with Crippen LogP contribution in [-0.2, 0) is 20.7 Å². The lowest BCUT2D eigenvalue weighted by atomic mass is 9.95. The standard InChI is InChI=1S/C16H19Cl2NO3/c1-4-22-16(21)13(15(20)7-8-19(2)3)9-11-5-6-12(17)10-14(11)18/h5-8,10,13H,4,9H2,1-3H3/b8-7+/t13-/m0/s1. The van der Waals surface area contributed by atoms with Crippen molar-refractivity contribution in [1.82, 2.24) is 4.90 Å². The van der Waals surface area contributed by atoms with E-state index < -0.39 is 11.9 Å². The molecule has 0 amide bonds. The molecule has 0 aliphatic heterocycles. The van der Waals surface area contributed by atoms with Crippen LogP contribution in [0.25, 0.3) is 0 Å².